The van der Waals surface area contributed by atoms with Crippen LogP contribution in [0.2, 0.25) is 5.02 Å². The van der Waals surface area contributed by atoms with Crippen molar-refractivity contribution >= 4 is 11.6 Å². The standard InChI is InChI=1S/C12H16ClFN2/c1-2-16-7-6-10(15)12(16)11-8(13)4-3-5-9(11)14/h3-5,10,12H,2,6-7,15H2,1H3. The largest absolute Gasteiger partial charge is 0.326 e. The second-order valence-corrected chi connectivity index (χ2v) is 4.57. The predicted octanol–water partition coefficient (Wildman–Crippen LogP) is 2.57. The molecule has 1 fully saturated rings. The number of likely N-dealkylation sites (tertiary alicyclic amines) is 1. The minimum Gasteiger partial charge on any atom is -0.326 e. The van der Waals surface area contributed by atoms with E-state index in [-0.39, 0.29) is 17.9 Å². The molecule has 2 rings (SSSR count). The van der Waals surface area contributed by atoms with Crippen LogP contribution in [0, 0.1) is 5.82 Å². The topological polar surface area (TPSA) is 29.3 Å². The summed E-state index contributed by atoms with van der Waals surface area (Å²) in [6.45, 7) is 3.83. The molecule has 88 valence electrons. The summed E-state index contributed by atoms with van der Waals surface area (Å²) in [5, 5.41) is 0.473. The summed E-state index contributed by atoms with van der Waals surface area (Å²) in [5.41, 5.74) is 6.60. The summed E-state index contributed by atoms with van der Waals surface area (Å²) in [4.78, 5) is 2.18. The van der Waals surface area contributed by atoms with Gasteiger partial charge in [-0.3, -0.25) is 4.90 Å². The van der Waals surface area contributed by atoms with Crippen LogP contribution in [-0.2, 0) is 0 Å². The number of nitrogens with zero attached hydrogens (tertiary/aromatic N) is 1. The van der Waals surface area contributed by atoms with Crippen molar-refractivity contribution in [2.45, 2.75) is 25.4 Å². The maximum Gasteiger partial charge on any atom is 0.129 e. The second-order valence-electron chi connectivity index (χ2n) is 4.16. The van der Waals surface area contributed by atoms with Crippen molar-refractivity contribution in [2.24, 2.45) is 5.73 Å². The Kier molecular flexibility index (Phi) is 3.47. The van der Waals surface area contributed by atoms with Crippen LogP contribution in [0.15, 0.2) is 18.2 Å². The van der Waals surface area contributed by atoms with Crippen molar-refractivity contribution in [2.75, 3.05) is 13.1 Å². The van der Waals surface area contributed by atoms with E-state index < -0.39 is 0 Å². The SMILES string of the molecule is CCN1CCC(N)C1c1c(F)cccc1Cl. The van der Waals surface area contributed by atoms with Gasteiger partial charge in [-0.25, -0.2) is 4.39 Å². The quantitative estimate of drug-likeness (QED) is 0.864. The van der Waals surface area contributed by atoms with Gasteiger partial charge in [-0.1, -0.05) is 24.6 Å². The maximum absolute atomic E-state index is 13.8. The van der Waals surface area contributed by atoms with Gasteiger partial charge in [0.25, 0.3) is 0 Å². The first-order chi connectivity index (χ1) is 7.65. The summed E-state index contributed by atoms with van der Waals surface area (Å²) < 4.78 is 13.8. The fraction of sp³-hybridized carbons (Fsp3) is 0.500. The van der Waals surface area contributed by atoms with E-state index in [1.807, 2.05) is 0 Å². The maximum atomic E-state index is 13.8. The molecular weight excluding hydrogens is 227 g/mol. The summed E-state index contributed by atoms with van der Waals surface area (Å²) in [7, 11) is 0. The fourth-order valence-electron chi connectivity index (χ4n) is 2.43. The zero-order chi connectivity index (χ0) is 11.7. The third-order valence-electron chi connectivity index (χ3n) is 3.25. The van der Waals surface area contributed by atoms with E-state index in [2.05, 4.69) is 11.8 Å². The van der Waals surface area contributed by atoms with Crippen molar-refractivity contribution < 1.29 is 4.39 Å². The number of hydrogen-bond acceptors (Lipinski definition) is 2. The molecule has 1 heterocycles. The number of halogens is 2. The van der Waals surface area contributed by atoms with Crippen LogP contribution in [0.25, 0.3) is 0 Å². The molecule has 2 unspecified atom stereocenters. The Balaban J connectivity index is 2.42. The highest BCUT2D eigenvalue weighted by Gasteiger charge is 2.34. The molecule has 1 saturated heterocycles. The smallest absolute Gasteiger partial charge is 0.129 e. The molecule has 1 aliphatic rings. The van der Waals surface area contributed by atoms with Crippen molar-refractivity contribution in [3.8, 4) is 0 Å². The summed E-state index contributed by atoms with van der Waals surface area (Å²) >= 11 is 6.07. The highest BCUT2D eigenvalue weighted by atomic mass is 35.5. The molecule has 16 heavy (non-hydrogen) atoms. The molecule has 0 amide bonds. The van der Waals surface area contributed by atoms with E-state index in [0.717, 1.165) is 19.5 Å². The zero-order valence-electron chi connectivity index (χ0n) is 9.29. The summed E-state index contributed by atoms with van der Waals surface area (Å²) in [6, 6.07) is 4.67. The van der Waals surface area contributed by atoms with E-state index in [9.17, 15) is 4.39 Å². The van der Waals surface area contributed by atoms with Gasteiger partial charge in [0.1, 0.15) is 5.82 Å². The number of hydrogen-bond donors (Lipinski definition) is 1. The van der Waals surface area contributed by atoms with Gasteiger partial charge in [0.15, 0.2) is 0 Å². The minimum atomic E-state index is -0.256. The van der Waals surface area contributed by atoms with Crippen LogP contribution >= 0.6 is 11.6 Å². The van der Waals surface area contributed by atoms with Crippen LogP contribution in [0.1, 0.15) is 24.9 Å². The normalized spacial score (nSPS) is 26.2. The van der Waals surface area contributed by atoms with Crippen LogP contribution in [0.5, 0.6) is 0 Å². The lowest BCUT2D eigenvalue weighted by Crippen LogP contribution is -2.32. The first-order valence-corrected chi connectivity index (χ1v) is 5.96. The molecule has 2 nitrogen and oxygen atoms in total. The van der Waals surface area contributed by atoms with Crippen molar-refractivity contribution in [1.29, 1.82) is 0 Å². The Labute approximate surface area is 100 Å². The monoisotopic (exact) mass is 242 g/mol. The van der Waals surface area contributed by atoms with Gasteiger partial charge in [0, 0.05) is 23.2 Å². The molecule has 0 bridgehead atoms. The number of nitrogens with two attached hydrogens (primary N) is 1. The lowest BCUT2D eigenvalue weighted by atomic mass is 10.00. The molecule has 1 aliphatic heterocycles. The van der Waals surface area contributed by atoms with Crippen molar-refractivity contribution in [3.05, 3.63) is 34.6 Å². The van der Waals surface area contributed by atoms with E-state index in [1.165, 1.54) is 6.07 Å². The zero-order valence-corrected chi connectivity index (χ0v) is 10.0. The number of rotatable bonds is 2. The highest BCUT2D eigenvalue weighted by Crippen LogP contribution is 2.36. The molecule has 0 spiro atoms. The van der Waals surface area contributed by atoms with Gasteiger partial charge in [0.05, 0.1) is 6.04 Å². The highest BCUT2D eigenvalue weighted by molar-refractivity contribution is 6.31. The van der Waals surface area contributed by atoms with Gasteiger partial charge in [-0.2, -0.15) is 0 Å². The van der Waals surface area contributed by atoms with Crippen molar-refractivity contribution in [1.82, 2.24) is 4.90 Å². The van der Waals surface area contributed by atoms with Gasteiger partial charge in [0.2, 0.25) is 0 Å². The Morgan fingerprint density at radius 3 is 2.94 bits per heavy atom. The van der Waals surface area contributed by atoms with Crippen LogP contribution in [0.3, 0.4) is 0 Å². The van der Waals surface area contributed by atoms with E-state index in [0.29, 0.717) is 10.6 Å². The first kappa shape index (κ1) is 11.8. The molecule has 2 N–H and O–H groups in total. The average molecular weight is 243 g/mol. The summed E-state index contributed by atoms with van der Waals surface area (Å²) in [5.74, 6) is -0.256. The van der Waals surface area contributed by atoms with Gasteiger partial charge in [-0.05, 0) is 25.1 Å². The van der Waals surface area contributed by atoms with Gasteiger partial charge in [-0.15, -0.1) is 0 Å². The Bertz CT molecular complexity index is 363. The molecule has 1 aromatic rings. The van der Waals surface area contributed by atoms with E-state index in [4.69, 9.17) is 17.3 Å². The third-order valence-corrected chi connectivity index (χ3v) is 3.58. The molecule has 4 heteroatoms. The van der Waals surface area contributed by atoms with Crippen LogP contribution in [-0.4, -0.2) is 24.0 Å². The molecule has 0 saturated carbocycles. The molecule has 1 aromatic carbocycles. The lowest BCUT2D eigenvalue weighted by Gasteiger charge is -2.26. The molecule has 0 aliphatic carbocycles. The van der Waals surface area contributed by atoms with Crippen LogP contribution in [0.4, 0.5) is 4.39 Å². The van der Waals surface area contributed by atoms with Crippen molar-refractivity contribution in [3.63, 3.8) is 0 Å². The Morgan fingerprint density at radius 1 is 1.56 bits per heavy atom. The predicted molar refractivity (Wildman–Crippen MR) is 64.0 cm³/mol. The van der Waals surface area contributed by atoms with Crippen LogP contribution < -0.4 is 5.73 Å². The van der Waals surface area contributed by atoms with E-state index in [1.54, 1.807) is 12.1 Å². The molecule has 0 aromatic heterocycles. The van der Waals surface area contributed by atoms with Gasteiger partial charge < -0.3 is 5.73 Å². The fourth-order valence-corrected chi connectivity index (χ4v) is 2.70. The number of likely N-dealkylation sites (N-methyl/N-ethyl adjacent to an activating group) is 1. The Morgan fingerprint density at radius 2 is 2.31 bits per heavy atom. The minimum absolute atomic E-state index is 0.0330. The average Bonchev–Trinajstić information content (AvgIpc) is 2.60. The first-order valence-electron chi connectivity index (χ1n) is 5.58. The van der Waals surface area contributed by atoms with Gasteiger partial charge >= 0.3 is 0 Å². The molecule has 2 atom stereocenters. The third kappa shape index (κ3) is 1.95. The van der Waals surface area contributed by atoms with E-state index >= 15 is 0 Å². The lowest BCUT2D eigenvalue weighted by molar-refractivity contribution is 0.255. The number of benzene rings is 1. The molecular formula is C12H16ClFN2. The second kappa shape index (κ2) is 4.70. The molecule has 0 radical (unpaired) electrons. The Hall–Kier alpha value is -0.640. The summed E-state index contributed by atoms with van der Waals surface area (Å²) in [6.07, 6.45) is 0.892.